The second-order valence-electron chi connectivity index (χ2n) is 4.48. The average Bonchev–Trinajstić information content (AvgIpc) is 2.87. The van der Waals surface area contributed by atoms with Crippen LogP contribution in [0.2, 0.25) is 0 Å². The van der Waals surface area contributed by atoms with Gasteiger partial charge in [-0.05, 0) is 31.9 Å². The Balaban J connectivity index is 2.23. The van der Waals surface area contributed by atoms with Crippen LogP contribution in [0.3, 0.4) is 0 Å². The van der Waals surface area contributed by atoms with Gasteiger partial charge in [-0.3, -0.25) is 9.69 Å². The Bertz CT molecular complexity index is 556. The number of unbranched alkanes of at least 4 members (excludes halogenated alkanes) is 1. The van der Waals surface area contributed by atoms with Crippen molar-refractivity contribution in [3.8, 4) is 0 Å². The van der Waals surface area contributed by atoms with E-state index in [9.17, 15) is 4.79 Å². The van der Waals surface area contributed by atoms with Gasteiger partial charge in [-0.25, -0.2) is 4.98 Å². The third-order valence-corrected chi connectivity index (χ3v) is 4.34. The molecule has 1 heterocycles. The van der Waals surface area contributed by atoms with Crippen LogP contribution < -0.4 is 4.90 Å². The lowest BCUT2D eigenvalue weighted by Crippen LogP contribution is -2.25. The Morgan fingerprint density at radius 3 is 2.65 bits per heavy atom. The van der Waals surface area contributed by atoms with Crippen molar-refractivity contribution in [1.82, 2.24) is 4.98 Å². The number of benzene rings is 1. The van der Waals surface area contributed by atoms with Crippen molar-refractivity contribution in [1.29, 1.82) is 0 Å². The Morgan fingerprint density at radius 2 is 2.05 bits per heavy atom. The number of halogens is 1. The average molecular weight is 353 g/mol. The van der Waals surface area contributed by atoms with Crippen LogP contribution in [0, 0.1) is 6.92 Å². The van der Waals surface area contributed by atoms with Crippen molar-refractivity contribution < 1.29 is 4.79 Å². The largest absolute Gasteiger partial charge is 0.274 e. The molecule has 0 unspecified atom stereocenters. The number of carbonyl (C=O) groups excluding carboxylic acids is 1. The predicted octanol–water partition coefficient (Wildman–Crippen LogP) is 4.68. The minimum absolute atomic E-state index is 0.103. The van der Waals surface area contributed by atoms with Crippen LogP contribution >= 0.6 is 27.3 Å². The first-order valence-corrected chi connectivity index (χ1v) is 8.58. The Hall–Kier alpha value is -1.20. The van der Waals surface area contributed by atoms with Crippen LogP contribution in [0.5, 0.6) is 0 Å². The number of thiazole rings is 1. The fourth-order valence-electron chi connectivity index (χ4n) is 1.86. The van der Waals surface area contributed by atoms with Crippen molar-refractivity contribution in [3.63, 3.8) is 0 Å². The zero-order valence-electron chi connectivity index (χ0n) is 11.4. The molecule has 5 heteroatoms. The normalized spacial score (nSPS) is 10.5. The van der Waals surface area contributed by atoms with Crippen LogP contribution in [0.4, 0.5) is 10.8 Å². The van der Waals surface area contributed by atoms with Gasteiger partial charge >= 0.3 is 0 Å². The number of anilines is 2. The molecule has 0 aliphatic heterocycles. The Labute approximate surface area is 131 Å². The van der Waals surface area contributed by atoms with E-state index in [0.29, 0.717) is 6.42 Å². The van der Waals surface area contributed by atoms with Crippen molar-refractivity contribution >= 4 is 44.0 Å². The predicted molar refractivity (Wildman–Crippen MR) is 88.1 cm³/mol. The van der Waals surface area contributed by atoms with E-state index in [0.717, 1.165) is 34.7 Å². The van der Waals surface area contributed by atoms with Gasteiger partial charge in [-0.15, -0.1) is 11.3 Å². The number of nitrogens with zero attached hydrogens (tertiary/aromatic N) is 2. The summed E-state index contributed by atoms with van der Waals surface area (Å²) in [5.74, 6) is 0.103. The molecule has 20 heavy (non-hydrogen) atoms. The second kappa shape index (κ2) is 7.55. The zero-order valence-corrected chi connectivity index (χ0v) is 13.8. The van der Waals surface area contributed by atoms with E-state index in [1.54, 1.807) is 4.90 Å². The molecule has 0 aliphatic carbocycles. The number of hydrogen-bond acceptors (Lipinski definition) is 3. The maximum absolute atomic E-state index is 12.5. The van der Waals surface area contributed by atoms with Gasteiger partial charge in [0.1, 0.15) is 0 Å². The van der Waals surface area contributed by atoms with Crippen molar-refractivity contribution in [3.05, 3.63) is 41.4 Å². The molecule has 0 N–H and O–H groups in total. The summed E-state index contributed by atoms with van der Waals surface area (Å²) in [5.41, 5.74) is 1.82. The number of rotatable bonds is 6. The Kier molecular flexibility index (Phi) is 5.73. The van der Waals surface area contributed by atoms with E-state index in [1.165, 1.54) is 11.3 Å². The molecule has 0 spiro atoms. The van der Waals surface area contributed by atoms with E-state index in [1.807, 2.05) is 42.6 Å². The molecule has 106 valence electrons. The highest BCUT2D eigenvalue weighted by Crippen LogP contribution is 2.29. The molecule has 0 aliphatic rings. The topological polar surface area (TPSA) is 33.2 Å². The van der Waals surface area contributed by atoms with E-state index in [4.69, 9.17) is 0 Å². The summed E-state index contributed by atoms with van der Waals surface area (Å²) in [6.07, 6.45) is 2.43. The molecule has 0 fully saturated rings. The van der Waals surface area contributed by atoms with Gasteiger partial charge in [0, 0.05) is 17.1 Å². The number of para-hydroxylation sites is 1. The number of alkyl halides is 1. The summed E-state index contributed by atoms with van der Waals surface area (Å²) in [6.45, 7) is 1.94. The molecule has 1 amide bonds. The molecule has 1 aromatic heterocycles. The van der Waals surface area contributed by atoms with Gasteiger partial charge in [0.15, 0.2) is 5.13 Å². The maximum atomic E-state index is 12.5. The minimum Gasteiger partial charge on any atom is -0.274 e. The quantitative estimate of drug-likeness (QED) is 0.558. The molecule has 0 saturated heterocycles. The molecule has 0 atom stereocenters. The van der Waals surface area contributed by atoms with Crippen LogP contribution in [-0.2, 0) is 4.79 Å². The van der Waals surface area contributed by atoms with Gasteiger partial charge in [0.2, 0.25) is 5.91 Å². The summed E-state index contributed by atoms with van der Waals surface area (Å²) < 4.78 is 0. The monoisotopic (exact) mass is 352 g/mol. The highest BCUT2D eigenvalue weighted by atomic mass is 79.9. The van der Waals surface area contributed by atoms with Crippen LogP contribution in [0.25, 0.3) is 0 Å². The first kappa shape index (κ1) is 15.2. The second-order valence-corrected chi connectivity index (χ2v) is 6.11. The molecular weight excluding hydrogens is 336 g/mol. The van der Waals surface area contributed by atoms with Crippen LogP contribution in [0.15, 0.2) is 35.7 Å². The number of aryl methyl sites for hydroxylation is 1. The standard InChI is InChI=1S/C15H17BrN2OS/c1-12-11-20-15(17-12)18(13-7-3-2-4-8-13)14(19)9-5-6-10-16/h2-4,7-8,11H,5-6,9-10H2,1H3. The molecule has 0 bridgehead atoms. The minimum atomic E-state index is 0.103. The first-order chi connectivity index (χ1) is 9.72. The van der Waals surface area contributed by atoms with Crippen molar-refractivity contribution in [2.45, 2.75) is 26.2 Å². The number of amides is 1. The third kappa shape index (κ3) is 3.90. The molecule has 2 rings (SSSR count). The highest BCUT2D eigenvalue weighted by Gasteiger charge is 2.20. The molecule has 1 aromatic carbocycles. The summed E-state index contributed by atoms with van der Waals surface area (Å²) in [7, 11) is 0. The SMILES string of the molecule is Cc1csc(N(C(=O)CCCCBr)c2ccccc2)n1. The summed E-state index contributed by atoms with van der Waals surface area (Å²) in [4.78, 5) is 18.7. The smallest absolute Gasteiger partial charge is 0.233 e. The summed E-state index contributed by atoms with van der Waals surface area (Å²) >= 11 is 4.90. The molecule has 2 aromatic rings. The van der Waals surface area contributed by atoms with Gasteiger partial charge in [0.25, 0.3) is 0 Å². The summed E-state index contributed by atoms with van der Waals surface area (Å²) in [6, 6.07) is 9.71. The van der Waals surface area contributed by atoms with E-state index in [-0.39, 0.29) is 5.91 Å². The fraction of sp³-hybridized carbons (Fsp3) is 0.333. The van der Waals surface area contributed by atoms with Gasteiger partial charge in [0.05, 0.1) is 11.4 Å². The van der Waals surface area contributed by atoms with E-state index < -0.39 is 0 Å². The Morgan fingerprint density at radius 1 is 1.30 bits per heavy atom. The lowest BCUT2D eigenvalue weighted by molar-refractivity contribution is -0.118. The van der Waals surface area contributed by atoms with Crippen molar-refractivity contribution in [2.75, 3.05) is 10.2 Å². The van der Waals surface area contributed by atoms with Crippen molar-refractivity contribution in [2.24, 2.45) is 0 Å². The summed E-state index contributed by atoms with van der Waals surface area (Å²) in [5, 5.41) is 3.65. The van der Waals surface area contributed by atoms with Gasteiger partial charge < -0.3 is 0 Å². The first-order valence-electron chi connectivity index (χ1n) is 6.58. The molecular formula is C15H17BrN2OS. The number of hydrogen-bond donors (Lipinski definition) is 0. The molecule has 0 saturated carbocycles. The van der Waals surface area contributed by atoms with Gasteiger partial charge in [-0.2, -0.15) is 0 Å². The molecule has 0 radical (unpaired) electrons. The van der Waals surface area contributed by atoms with E-state index >= 15 is 0 Å². The lowest BCUT2D eigenvalue weighted by Gasteiger charge is -2.20. The highest BCUT2D eigenvalue weighted by molar-refractivity contribution is 9.09. The zero-order chi connectivity index (χ0) is 14.4. The third-order valence-electron chi connectivity index (χ3n) is 2.84. The van der Waals surface area contributed by atoms with Crippen LogP contribution in [-0.4, -0.2) is 16.2 Å². The lowest BCUT2D eigenvalue weighted by atomic mass is 10.2. The number of aromatic nitrogens is 1. The van der Waals surface area contributed by atoms with Crippen LogP contribution in [0.1, 0.15) is 25.0 Å². The van der Waals surface area contributed by atoms with E-state index in [2.05, 4.69) is 20.9 Å². The number of carbonyl (C=O) groups is 1. The van der Waals surface area contributed by atoms with Gasteiger partial charge in [-0.1, -0.05) is 34.1 Å². The molecule has 3 nitrogen and oxygen atoms in total. The maximum Gasteiger partial charge on any atom is 0.233 e. The fourth-order valence-corrected chi connectivity index (χ4v) is 3.10.